The Morgan fingerprint density at radius 1 is 0.906 bits per heavy atom. The van der Waals surface area contributed by atoms with Gasteiger partial charge in [0.15, 0.2) is 0 Å². The van der Waals surface area contributed by atoms with E-state index in [-0.39, 0.29) is 6.03 Å². The summed E-state index contributed by atoms with van der Waals surface area (Å²) in [4.78, 5) is 21.4. The molecule has 1 fully saturated rings. The van der Waals surface area contributed by atoms with E-state index in [1.54, 1.807) is 24.3 Å². The van der Waals surface area contributed by atoms with Crippen LogP contribution in [0.5, 0.6) is 0 Å². The molecule has 2 amide bonds. The molecule has 166 valence electrons. The van der Waals surface area contributed by atoms with E-state index in [2.05, 4.69) is 31.2 Å². The number of anilines is 5. The fraction of sp³-hybridized carbons (Fsp3) is 0.292. The number of aromatic nitrogens is 2. The minimum atomic E-state index is -0.335. The van der Waals surface area contributed by atoms with Crippen molar-refractivity contribution in [3.05, 3.63) is 65.3 Å². The molecule has 0 unspecified atom stereocenters. The van der Waals surface area contributed by atoms with E-state index < -0.39 is 0 Å². The molecule has 1 aromatic heterocycles. The summed E-state index contributed by atoms with van der Waals surface area (Å²) in [5.41, 5.74) is 3.07. The Kier molecular flexibility index (Phi) is 7.07. The van der Waals surface area contributed by atoms with Crippen molar-refractivity contribution in [2.45, 2.75) is 45.1 Å². The fourth-order valence-electron chi connectivity index (χ4n) is 3.77. The normalized spacial score (nSPS) is 13.9. The van der Waals surface area contributed by atoms with Crippen LogP contribution < -0.4 is 21.3 Å². The number of nitrogens with zero attached hydrogens (tertiary/aromatic N) is 2. The first-order valence-electron chi connectivity index (χ1n) is 10.9. The first kappa shape index (κ1) is 21.9. The van der Waals surface area contributed by atoms with Gasteiger partial charge in [-0.15, -0.1) is 0 Å². The minimum Gasteiger partial charge on any atom is -0.351 e. The Morgan fingerprint density at radius 3 is 2.38 bits per heavy atom. The quantitative estimate of drug-likeness (QED) is 0.341. The van der Waals surface area contributed by atoms with Crippen LogP contribution in [0.2, 0.25) is 5.02 Å². The molecule has 0 saturated heterocycles. The maximum Gasteiger partial charge on any atom is 0.323 e. The molecule has 0 spiro atoms. The summed E-state index contributed by atoms with van der Waals surface area (Å²) in [5, 5.41) is 12.9. The van der Waals surface area contributed by atoms with E-state index in [0.717, 1.165) is 17.2 Å². The number of hydrogen-bond donors (Lipinski definition) is 4. The minimum absolute atomic E-state index is 0.335. The van der Waals surface area contributed by atoms with Crippen LogP contribution in [0.1, 0.15) is 37.8 Å². The van der Waals surface area contributed by atoms with Crippen molar-refractivity contribution in [2.24, 2.45) is 0 Å². The molecule has 1 saturated carbocycles. The number of amides is 2. The van der Waals surface area contributed by atoms with Crippen molar-refractivity contribution < 1.29 is 4.79 Å². The van der Waals surface area contributed by atoms with Crippen LogP contribution in [0.25, 0.3) is 0 Å². The molecule has 8 heteroatoms. The number of carbonyl (C=O) groups is 1. The summed E-state index contributed by atoms with van der Waals surface area (Å²) in [6.07, 6.45) is 6.16. The van der Waals surface area contributed by atoms with Crippen LogP contribution >= 0.6 is 11.6 Å². The fourth-order valence-corrected chi connectivity index (χ4v) is 3.96. The average Bonchev–Trinajstić information content (AvgIpc) is 2.75. The van der Waals surface area contributed by atoms with Gasteiger partial charge in [-0.3, -0.25) is 0 Å². The zero-order valence-electron chi connectivity index (χ0n) is 18.0. The van der Waals surface area contributed by atoms with Gasteiger partial charge in [0.2, 0.25) is 5.95 Å². The number of halogens is 1. The van der Waals surface area contributed by atoms with Crippen LogP contribution in [-0.2, 0) is 0 Å². The van der Waals surface area contributed by atoms with E-state index in [1.807, 2.05) is 37.3 Å². The number of nitrogens with one attached hydrogen (secondary N) is 4. The van der Waals surface area contributed by atoms with Gasteiger partial charge in [0.1, 0.15) is 5.82 Å². The summed E-state index contributed by atoms with van der Waals surface area (Å²) < 4.78 is 0. The lowest BCUT2D eigenvalue weighted by Crippen LogP contribution is -2.23. The van der Waals surface area contributed by atoms with E-state index >= 15 is 0 Å². The number of hydrogen-bond acceptors (Lipinski definition) is 5. The number of benzene rings is 2. The summed E-state index contributed by atoms with van der Waals surface area (Å²) >= 11 is 5.95. The van der Waals surface area contributed by atoms with Gasteiger partial charge in [0, 0.05) is 39.9 Å². The molecule has 0 bridgehead atoms. The Hall–Kier alpha value is -3.32. The smallest absolute Gasteiger partial charge is 0.323 e. The second kappa shape index (κ2) is 10.3. The summed E-state index contributed by atoms with van der Waals surface area (Å²) in [6, 6.07) is 16.5. The lowest BCUT2D eigenvalue weighted by Gasteiger charge is -2.23. The molecule has 2 aromatic carbocycles. The SMILES string of the molecule is Cc1cc(Nc2ccc(NC(=O)Nc3cccc(Cl)c3)cc2)nc(NC2CCCCC2)n1. The molecule has 1 aliphatic rings. The summed E-state index contributed by atoms with van der Waals surface area (Å²) in [6.45, 7) is 1.96. The van der Waals surface area contributed by atoms with Crippen LogP contribution in [0.4, 0.5) is 33.6 Å². The molecular formula is C24H27ClN6O. The maximum absolute atomic E-state index is 12.2. The summed E-state index contributed by atoms with van der Waals surface area (Å²) in [7, 11) is 0. The van der Waals surface area contributed by atoms with Gasteiger partial charge in [0.25, 0.3) is 0 Å². The first-order chi connectivity index (χ1) is 15.5. The molecule has 4 rings (SSSR count). The van der Waals surface area contributed by atoms with Crippen molar-refractivity contribution >= 4 is 46.5 Å². The van der Waals surface area contributed by atoms with Crippen molar-refractivity contribution in [3.63, 3.8) is 0 Å². The topological polar surface area (TPSA) is 91.0 Å². The van der Waals surface area contributed by atoms with E-state index in [1.165, 1.54) is 32.1 Å². The molecule has 0 atom stereocenters. The third kappa shape index (κ3) is 6.34. The molecule has 3 aromatic rings. The van der Waals surface area contributed by atoms with Crippen LogP contribution in [0, 0.1) is 6.92 Å². The Labute approximate surface area is 193 Å². The lowest BCUT2D eigenvalue weighted by molar-refractivity contribution is 0.262. The highest BCUT2D eigenvalue weighted by Gasteiger charge is 2.14. The number of urea groups is 1. The monoisotopic (exact) mass is 450 g/mol. The molecule has 0 aliphatic heterocycles. The van der Waals surface area contributed by atoms with E-state index in [4.69, 9.17) is 11.6 Å². The highest BCUT2D eigenvalue weighted by atomic mass is 35.5. The van der Waals surface area contributed by atoms with E-state index in [0.29, 0.717) is 28.4 Å². The number of rotatable bonds is 6. The third-order valence-electron chi connectivity index (χ3n) is 5.29. The predicted octanol–water partition coefficient (Wildman–Crippen LogP) is 6.57. The maximum atomic E-state index is 12.2. The second-order valence-electron chi connectivity index (χ2n) is 7.99. The largest absolute Gasteiger partial charge is 0.351 e. The Balaban J connectivity index is 1.35. The molecule has 1 heterocycles. The number of aryl methyl sites for hydroxylation is 1. The second-order valence-corrected chi connectivity index (χ2v) is 8.43. The van der Waals surface area contributed by atoms with Crippen molar-refractivity contribution in [1.82, 2.24) is 9.97 Å². The highest BCUT2D eigenvalue weighted by Crippen LogP contribution is 2.23. The van der Waals surface area contributed by atoms with Crippen molar-refractivity contribution in [2.75, 3.05) is 21.3 Å². The molecule has 0 radical (unpaired) electrons. The molecule has 32 heavy (non-hydrogen) atoms. The summed E-state index contributed by atoms with van der Waals surface area (Å²) in [5.74, 6) is 1.39. The standard InChI is InChI=1S/C24H27ClN6O/c1-16-14-22(31-23(26-16)28-18-7-3-2-4-8-18)27-19-10-12-20(13-11-19)29-24(32)30-21-9-5-6-17(25)15-21/h5-6,9-15,18H,2-4,7-8H2,1H3,(H2,29,30,32)(H2,26,27,28,31). The predicted molar refractivity (Wildman–Crippen MR) is 131 cm³/mol. The van der Waals surface area contributed by atoms with Crippen LogP contribution in [-0.4, -0.2) is 22.0 Å². The first-order valence-corrected chi connectivity index (χ1v) is 11.2. The molecule has 7 nitrogen and oxygen atoms in total. The van der Waals surface area contributed by atoms with Crippen molar-refractivity contribution in [1.29, 1.82) is 0 Å². The molecular weight excluding hydrogens is 424 g/mol. The van der Waals surface area contributed by atoms with Gasteiger partial charge in [0.05, 0.1) is 0 Å². The molecule has 4 N–H and O–H groups in total. The van der Waals surface area contributed by atoms with Crippen molar-refractivity contribution in [3.8, 4) is 0 Å². The Bertz CT molecular complexity index is 1070. The van der Waals surface area contributed by atoms with E-state index in [9.17, 15) is 4.79 Å². The highest BCUT2D eigenvalue weighted by molar-refractivity contribution is 6.30. The van der Waals surface area contributed by atoms with Gasteiger partial charge in [-0.05, 0) is 62.2 Å². The number of carbonyl (C=O) groups excluding carboxylic acids is 1. The van der Waals surface area contributed by atoms with Gasteiger partial charge in [-0.25, -0.2) is 9.78 Å². The van der Waals surface area contributed by atoms with Gasteiger partial charge in [-0.1, -0.05) is 36.9 Å². The van der Waals surface area contributed by atoms with Gasteiger partial charge >= 0.3 is 6.03 Å². The van der Waals surface area contributed by atoms with Crippen LogP contribution in [0.15, 0.2) is 54.6 Å². The lowest BCUT2D eigenvalue weighted by atomic mass is 9.96. The molecule has 1 aliphatic carbocycles. The zero-order valence-corrected chi connectivity index (χ0v) is 18.7. The Morgan fingerprint density at radius 2 is 1.62 bits per heavy atom. The zero-order chi connectivity index (χ0) is 22.3. The average molecular weight is 451 g/mol. The van der Waals surface area contributed by atoms with Gasteiger partial charge < -0.3 is 21.3 Å². The van der Waals surface area contributed by atoms with Gasteiger partial charge in [-0.2, -0.15) is 4.98 Å². The third-order valence-corrected chi connectivity index (χ3v) is 5.53. The van der Waals surface area contributed by atoms with Crippen LogP contribution in [0.3, 0.4) is 0 Å².